The zero-order valence-corrected chi connectivity index (χ0v) is 7.66. The van der Waals surface area contributed by atoms with Crippen LogP contribution in [0, 0.1) is 6.92 Å². The molecule has 1 aromatic rings. The Bertz CT molecular complexity index is 258. The van der Waals surface area contributed by atoms with E-state index in [9.17, 15) is 4.79 Å². The number of nitrogens with zero attached hydrogens (tertiary/aromatic N) is 1. The van der Waals surface area contributed by atoms with Crippen molar-refractivity contribution in [3.63, 3.8) is 0 Å². The standard InChI is InChI=1S/C8H7NO.C2H6/c1-7-2-4-8(5-3-7)9-6-10;1-2/h2-5H,1H3;1-2H3. The number of rotatable bonds is 1. The van der Waals surface area contributed by atoms with E-state index in [1.165, 1.54) is 6.08 Å². The molecule has 1 aromatic carbocycles. The van der Waals surface area contributed by atoms with Gasteiger partial charge in [-0.15, -0.1) is 0 Å². The average Bonchev–Trinajstić information content (AvgIpc) is 2.13. The second-order valence-electron chi connectivity index (χ2n) is 2.04. The van der Waals surface area contributed by atoms with Gasteiger partial charge < -0.3 is 0 Å². The molecule has 0 saturated heterocycles. The molecule has 0 aliphatic heterocycles. The van der Waals surface area contributed by atoms with E-state index in [2.05, 4.69) is 4.99 Å². The predicted molar refractivity (Wildman–Crippen MR) is 50.3 cm³/mol. The van der Waals surface area contributed by atoms with Crippen LogP contribution in [0.2, 0.25) is 0 Å². The lowest BCUT2D eigenvalue weighted by Gasteiger charge is -1.89. The normalized spacial score (nSPS) is 7.58. The maximum absolute atomic E-state index is 9.77. The molecule has 1 rings (SSSR count). The van der Waals surface area contributed by atoms with Gasteiger partial charge in [0, 0.05) is 0 Å². The fourth-order valence-electron chi connectivity index (χ4n) is 0.672. The lowest BCUT2D eigenvalue weighted by atomic mass is 10.2. The number of carbonyl (C=O) groups excluding carboxylic acids is 1. The van der Waals surface area contributed by atoms with Crippen molar-refractivity contribution in [3.8, 4) is 0 Å². The van der Waals surface area contributed by atoms with Crippen LogP contribution in [-0.4, -0.2) is 6.08 Å². The minimum atomic E-state index is 0.653. The summed E-state index contributed by atoms with van der Waals surface area (Å²) in [6, 6.07) is 7.35. The Morgan fingerprint density at radius 2 is 1.67 bits per heavy atom. The topological polar surface area (TPSA) is 29.4 Å². The Hall–Kier alpha value is -1.40. The summed E-state index contributed by atoms with van der Waals surface area (Å²) in [6.07, 6.45) is 1.48. The van der Waals surface area contributed by atoms with Gasteiger partial charge in [-0.25, -0.2) is 4.79 Å². The first-order valence-electron chi connectivity index (χ1n) is 3.97. The molecule has 12 heavy (non-hydrogen) atoms. The number of hydrogen-bond acceptors (Lipinski definition) is 2. The average molecular weight is 163 g/mol. The first kappa shape index (κ1) is 10.6. The van der Waals surface area contributed by atoms with Crippen LogP contribution < -0.4 is 0 Å². The third kappa shape index (κ3) is 3.69. The molecule has 0 heterocycles. The van der Waals surface area contributed by atoms with Gasteiger partial charge in [0.25, 0.3) is 0 Å². The van der Waals surface area contributed by atoms with Crippen LogP contribution in [0.5, 0.6) is 0 Å². The Morgan fingerprint density at radius 1 is 1.17 bits per heavy atom. The fraction of sp³-hybridized carbons (Fsp3) is 0.300. The van der Waals surface area contributed by atoms with Crippen molar-refractivity contribution < 1.29 is 4.79 Å². The van der Waals surface area contributed by atoms with Gasteiger partial charge in [-0.2, -0.15) is 4.99 Å². The van der Waals surface area contributed by atoms with Crippen LogP contribution in [0.3, 0.4) is 0 Å². The molecule has 0 aromatic heterocycles. The van der Waals surface area contributed by atoms with Gasteiger partial charge in [0.15, 0.2) is 0 Å². The van der Waals surface area contributed by atoms with Gasteiger partial charge in [0.05, 0.1) is 5.69 Å². The van der Waals surface area contributed by atoms with Crippen molar-refractivity contribution in [2.75, 3.05) is 0 Å². The van der Waals surface area contributed by atoms with Crippen molar-refractivity contribution in [1.29, 1.82) is 0 Å². The van der Waals surface area contributed by atoms with E-state index in [0.29, 0.717) is 5.69 Å². The molecule has 0 aliphatic rings. The highest BCUT2D eigenvalue weighted by molar-refractivity contribution is 5.48. The zero-order valence-electron chi connectivity index (χ0n) is 7.66. The van der Waals surface area contributed by atoms with Crippen LogP contribution in [0.4, 0.5) is 5.69 Å². The Morgan fingerprint density at radius 3 is 2.08 bits per heavy atom. The van der Waals surface area contributed by atoms with Crippen molar-refractivity contribution in [1.82, 2.24) is 0 Å². The van der Waals surface area contributed by atoms with Crippen LogP contribution in [0.15, 0.2) is 29.3 Å². The van der Waals surface area contributed by atoms with Gasteiger partial charge in [-0.05, 0) is 19.1 Å². The summed E-state index contributed by atoms with van der Waals surface area (Å²) in [4.78, 5) is 13.2. The lowest BCUT2D eigenvalue weighted by molar-refractivity contribution is 0.565. The molecule has 0 N–H and O–H groups in total. The monoisotopic (exact) mass is 163 g/mol. The predicted octanol–water partition coefficient (Wildman–Crippen LogP) is 2.99. The summed E-state index contributed by atoms with van der Waals surface area (Å²) in [7, 11) is 0. The molecule has 0 fully saturated rings. The molecule has 0 bridgehead atoms. The SMILES string of the molecule is CC.Cc1ccc(N=C=O)cc1. The molecule has 0 unspecified atom stereocenters. The first-order chi connectivity index (χ1) is 5.83. The van der Waals surface area contributed by atoms with Gasteiger partial charge in [-0.1, -0.05) is 31.5 Å². The van der Waals surface area contributed by atoms with Crippen molar-refractivity contribution in [2.24, 2.45) is 4.99 Å². The summed E-state index contributed by atoms with van der Waals surface area (Å²) in [5.74, 6) is 0. The second-order valence-corrected chi connectivity index (χ2v) is 2.04. The van der Waals surface area contributed by atoms with Gasteiger partial charge in [0.2, 0.25) is 6.08 Å². The smallest absolute Gasteiger partial charge is 0.211 e. The van der Waals surface area contributed by atoms with Crippen molar-refractivity contribution >= 4 is 11.8 Å². The molecular weight excluding hydrogens is 150 g/mol. The Kier molecular flexibility index (Phi) is 5.58. The number of hydrogen-bond donors (Lipinski definition) is 0. The minimum Gasteiger partial charge on any atom is -0.211 e. The largest absolute Gasteiger partial charge is 0.240 e. The molecule has 0 atom stereocenters. The third-order valence-corrected chi connectivity index (χ3v) is 1.21. The maximum Gasteiger partial charge on any atom is 0.240 e. The highest BCUT2D eigenvalue weighted by Crippen LogP contribution is 2.10. The van der Waals surface area contributed by atoms with Crippen LogP contribution >= 0.6 is 0 Å². The molecule has 0 spiro atoms. The first-order valence-corrected chi connectivity index (χ1v) is 3.97. The van der Waals surface area contributed by atoms with Crippen molar-refractivity contribution in [3.05, 3.63) is 29.8 Å². The van der Waals surface area contributed by atoms with E-state index in [1.807, 2.05) is 32.9 Å². The lowest BCUT2D eigenvalue weighted by Crippen LogP contribution is -1.67. The van der Waals surface area contributed by atoms with Gasteiger partial charge in [-0.3, -0.25) is 0 Å². The molecule has 0 aliphatic carbocycles. The van der Waals surface area contributed by atoms with E-state index in [0.717, 1.165) is 5.56 Å². The number of aryl methyl sites for hydroxylation is 1. The maximum atomic E-state index is 9.77. The zero-order chi connectivity index (χ0) is 9.40. The molecule has 2 heteroatoms. The summed E-state index contributed by atoms with van der Waals surface area (Å²) in [5.41, 5.74) is 1.81. The number of benzene rings is 1. The van der Waals surface area contributed by atoms with E-state index >= 15 is 0 Å². The summed E-state index contributed by atoms with van der Waals surface area (Å²) >= 11 is 0. The molecule has 0 radical (unpaired) electrons. The van der Waals surface area contributed by atoms with E-state index in [1.54, 1.807) is 12.1 Å². The quantitative estimate of drug-likeness (QED) is 0.462. The highest BCUT2D eigenvalue weighted by atomic mass is 16.1. The third-order valence-electron chi connectivity index (χ3n) is 1.21. The van der Waals surface area contributed by atoms with Crippen molar-refractivity contribution in [2.45, 2.75) is 20.8 Å². The Labute approximate surface area is 73.0 Å². The molecule has 2 nitrogen and oxygen atoms in total. The highest BCUT2D eigenvalue weighted by Gasteiger charge is 1.85. The van der Waals surface area contributed by atoms with E-state index in [4.69, 9.17) is 0 Å². The Balaban J connectivity index is 0.000000561. The minimum absolute atomic E-state index is 0.653. The molecule has 64 valence electrons. The summed E-state index contributed by atoms with van der Waals surface area (Å²) in [5, 5.41) is 0. The van der Waals surface area contributed by atoms with Crippen LogP contribution in [-0.2, 0) is 4.79 Å². The number of isocyanates is 1. The summed E-state index contributed by atoms with van der Waals surface area (Å²) < 4.78 is 0. The molecule has 0 amide bonds. The second kappa shape index (κ2) is 6.32. The van der Waals surface area contributed by atoms with Gasteiger partial charge >= 0.3 is 0 Å². The van der Waals surface area contributed by atoms with Crippen LogP contribution in [0.1, 0.15) is 19.4 Å². The fourth-order valence-corrected chi connectivity index (χ4v) is 0.672. The van der Waals surface area contributed by atoms with E-state index < -0.39 is 0 Å². The summed E-state index contributed by atoms with van der Waals surface area (Å²) in [6.45, 7) is 5.98. The number of aliphatic imine (C=N–C) groups is 1. The molecule has 0 saturated carbocycles. The van der Waals surface area contributed by atoms with E-state index in [-0.39, 0.29) is 0 Å². The van der Waals surface area contributed by atoms with Crippen LogP contribution in [0.25, 0.3) is 0 Å². The van der Waals surface area contributed by atoms with Gasteiger partial charge in [0.1, 0.15) is 0 Å². The molecular formula is C10H13NO.